The Kier molecular flexibility index (Phi) is 10.9. The Hall–Kier alpha value is -0.770. The molecule has 268 valence electrons. The molecule has 0 amide bonds. The van der Waals surface area contributed by atoms with E-state index < -0.39 is 5.97 Å². The minimum absolute atomic E-state index is 0.0423. The van der Waals surface area contributed by atoms with Crippen molar-refractivity contribution >= 4 is 5.97 Å². The van der Waals surface area contributed by atoms with Crippen LogP contribution in [0.2, 0.25) is 0 Å². The lowest BCUT2D eigenvalue weighted by Crippen LogP contribution is -2.64. The van der Waals surface area contributed by atoms with Crippen molar-refractivity contribution in [3.8, 4) is 0 Å². The molecule has 0 radical (unpaired) electrons. The number of carboxylic acids is 1. The zero-order chi connectivity index (χ0) is 32.6. The van der Waals surface area contributed by atoms with Crippen LogP contribution in [0.5, 0.6) is 0 Å². The Morgan fingerprint density at radius 3 is 2.02 bits per heavy atom. The summed E-state index contributed by atoms with van der Waals surface area (Å²) in [7, 11) is 0. The van der Waals surface area contributed by atoms with Crippen LogP contribution in [0.3, 0.4) is 0 Å². The molecule has 1 N–H and O–H groups in total. The lowest BCUT2D eigenvalue weighted by Gasteiger charge is -2.65. The van der Waals surface area contributed by atoms with Crippen LogP contribution in [0.1, 0.15) is 136 Å². The van der Waals surface area contributed by atoms with E-state index in [4.69, 9.17) is 28.4 Å². The van der Waals surface area contributed by atoms with Crippen molar-refractivity contribution in [2.24, 2.45) is 46.3 Å². The van der Waals surface area contributed by atoms with E-state index in [1.54, 1.807) is 0 Å². The largest absolute Gasteiger partial charge is 0.481 e. The Labute approximate surface area is 283 Å². The summed E-state index contributed by atoms with van der Waals surface area (Å²) in [5.41, 5.74) is 0.158. The SMILES string of the molecule is C[C@H](CCC(=O)O)[C@H]1CC[C@H]2[C@@H]3[C@H](OC4CCCCO4)C[C@@H]4C[C@H](OC5CCCCO5)CC[C@]4(C)[C@H]3C[C@H](OC3CCCCO3)[C@]12C. The maximum atomic E-state index is 11.6. The van der Waals surface area contributed by atoms with E-state index in [0.717, 1.165) is 103 Å². The molecule has 3 aliphatic heterocycles. The van der Waals surface area contributed by atoms with Crippen molar-refractivity contribution in [3.05, 3.63) is 0 Å². The van der Waals surface area contributed by atoms with E-state index in [2.05, 4.69) is 20.8 Å². The highest BCUT2D eigenvalue weighted by molar-refractivity contribution is 5.66. The van der Waals surface area contributed by atoms with Gasteiger partial charge < -0.3 is 33.5 Å². The van der Waals surface area contributed by atoms with Crippen LogP contribution in [-0.4, -0.2) is 68.1 Å². The van der Waals surface area contributed by atoms with Gasteiger partial charge in [-0.1, -0.05) is 20.8 Å². The number of carbonyl (C=O) groups is 1. The monoisotopic (exact) mass is 660 g/mol. The minimum Gasteiger partial charge on any atom is -0.481 e. The second-order valence-corrected chi connectivity index (χ2v) is 17.1. The number of carboxylic acid groups (broad SMARTS) is 1. The van der Waals surface area contributed by atoms with Crippen molar-refractivity contribution in [1.29, 1.82) is 0 Å². The number of fused-ring (bicyclic) bond motifs is 5. The average Bonchev–Trinajstić information content (AvgIpc) is 3.44. The Morgan fingerprint density at radius 2 is 1.40 bits per heavy atom. The molecule has 7 fully saturated rings. The summed E-state index contributed by atoms with van der Waals surface area (Å²) in [6, 6.07) is 0. The first-order valence-corrected chi connectivity index (χ1v) is 19.8. The van der Waals surface area contributed by atoms with Crippen LogP contribution < -0.4 is 0 Å². The Balaban J connectivity index is 1.19. The molecule has 3 saturated heterocycles. The molecule has 0 bridgehead atoms. The maximum absolute atomic E-state index is 11.6. The summed E-state index contributed by atoms with van der Waals surface area (Å²) < 4.78 is 39.6. The van der Waals surface area contributed by atoms with Crippen LogP contribution >= 0.6 is 0 Å². The first-order chi connectivity index (χ1) is 22.8. The Bertz CT molecular complexity index is 1040. The molecule has 0 spiro atoms. The number of rotatable bonds is 10. The smallest absolute Gasteiger partial charge is 0.303 e. The molecule has 3 unspecified atom stereocenters. The third-order valence-corrected chi connectivity index (χ3v) is 14.7. The van der Waals surface area contributed by atoms with Gasteiger partial charge in [0.1, 0.15) is 0 Å². The van der Waals surface area contributed by atoms with E-state index in [-0.39, 0.29) is 54.4 Å². The van der Waals surface area contributed by atoms with Crippen LogP contribution in [0.15, 0.2) is 0 Å². The molecule has 0 aromatic rings. The van der Waals surface area contributed by atoms with Crippen molar-refractivity contribution in [2.75, 3.05) is 19.8 Å². The van der Waals surface area contributed by atoms with E-state index >= 15 is 0 Å². The average molecular weight is 661 g/mol. The number of hydrogen-bond acceptors (Lipinski definition) is 7. The third-order valence-electron chi connectivity index (χ3n) is 14.7. The van der Waals surface area contributed by atoms with E-state index in [1.165, 1.54) is 25.7 Å². The lowest BCUT2D eigenvalue weighted by molar-refractivity contribution is -0.289. The quantitative estimate of drug-likeness (QED) is 0.235. The third kappa shape index (κ3) is 7.08. The number of aliphatic carboxylic acids is 1. The molecule has 4 aliphatic carbocycles. The van der Waals surface area contributed by atoms with Crippen LogP contribution in [0.25, 0.3) is 0 Å². The van der Waals surface area contributed by atoms with Gasteiger partial charge in [-0.15, -0.1) is 0 Å². The van der Waals surface area contributed by atoms with Gasteiger partial charge in [0.15, 0.2) is 18.9 Å². The topological polar surface area (TPSA) is 92.7 Å². The second-order valence-electron chi connectivity index (χ2n) is 17.1. The van der Waals surface area contributed by atoms with Gasteiger partial charge in [-0.05, 0) is 150 Å². The molecule has 4 saturated carbocycles. The molecular weight excluding hydrogens is 596 g/mol. The zero-order valence-electron chi connectivity index (χ0n) is 29.6. The van der Waals surface area contributed by atoms with Gasteiger partial charge in [0.05, 0.1) is 18.3 Å². The first-order valence-electron chi connectivity index (χ1n) is 19.8. The molecule has 0 aromatic carbocycles. The molecule has 0 aromatic heterocycles. The predicted molar refractivity (Wildman–Crippen MR) is 177 cm³/mol. The van der Waals surface area contributed by atoms with E-state index in [1.807, 2.05) is 0 Å². The van der Waals surface area contributed by atoms with Gasteiger partial charge >= 0.3 is 5.97 Å². The highest BCUT2D eigenvalue weighted by atomic mass is 16.7. The fourth-order valence-corrected chi connectivity index (χ4v) is 12.1. The summed E-state index contributed by atoms with van der Waals surface area (Å²) in [5, 5.41) is 9.58. The molecular formula is C39H64O8. The number of ether oxygens (including phenoxy) is 6. The molecule has 7 rings (SSSR count). The van der Waals surface area contributed by atoms with E-state index in [0.29, 0.717) is 35.5 Å². The standard InChI is InChI=1S/C39H64O8/c1-25(13-16-33(40)41)28-14-15-29-37-30(24-32(39(28,29)3)47-36-12-6-9-21-44-36)38(2)18-17-27(45-34-10-4-7-19-42-34)22-26(38)23-31(37)46-35-11-5-8-20-43-35/h25-32,34-37H,4-24H2,1-3H3,(H,40,41)/t25-,26+,27-,28-,29+,30+,31-,32+,34?,35?,36?,37+,38+,39-/m1/s1. The van der Waals surface area contributed by atoms with Crippen molar-refractivity contribution in [2.45, 2.75) is 174 Å². The van der Waals surface area contributed by atoms with Crippen LogP contribution in [0.4, 0.5) is 0 Å². The molecule has 3 heterocycles. The van der Waals surface area contributed by atoms with Gasteiger partial charge in [-0.25, -0.2) is 0 Å². The van der Waals surface area contributed by atoms with Gasteiger partial charge in [-0.2, -0.15) is 0 Å². The second kappa shape index (κ2) is 14.8. The highest BCUT2D eigenvalue weighted by Crippen LogP contribution is 2.69. The number of hydrogen-bond donors (Lipinski definition) is 1. The summed E-state index contributed by atoms with van der Waals surface area (Å²) >= 11 is 0. The van der Waals surface area contributed by atoms with Gasteiger partial charge in [-0.3, -0.25) is 4.79 Å². The minimum atomic E-state index is -0.689. The fourth-order valence-electron chi connectivity index (χ4n) is 12.1. The summed E-state index contributed by atoms with van der Waals surface area (Å²) in [6.07, 6.45) is 18.9. The van der Waals surface area contributed by atoms with Gasteiger partial charge in [0.25, 0.3) is 0 Å². The van der Waals surface area contributed by atoms with Crippen molar-refractivity contribution in [3.63, 3.8) is 0 Å². The van der Waals surface area contributed by atoms with Crippen LogP contribution in [0, 0.1) is 46.3 Å². The van der Waals surface area contributed by atoms with Gasteiger partial charge in [0, 0.05) is 31.7 Å². The normalized spacial score (nSPS) is 47.8. The van der Waals surface area contributed by atoms with Crippen molar-refractivity contribution < 1.29 is 38.3 Å². The summed E-state index contributed by atoms with van der Waals surface area (Å²) in [6.45, 7) is 9.84. The van der Waals surface area contributed by atoms with Gasteiger partial charge in [0.2, 0.25) is 0 Å². The maximum Gasteiger partial charge on any atom is 0.303 e. The fraction of sp³-hybridized carbons (Fsp3) is 0.974. The zero-order valence-corrected chi connectivity index (χ0v) is 29.6. The summed E-state index contributed by atoms with van der Waals surface area (Å²) in [5.74, 6) is 2.03. The molecule has 8 nitrogen and oxygen atoms in total. The van der Waals surface area contributed by atoms with E-state index in [9.17, 15) is 9.90 Å². The lowest BCUT2D eigenvalue weighted by atomic mass is 9.43. The van der Waals surface area contributed by atoms with Crippen LogP contribution in [-0.2, 0) is 33.2 Å². The Morgan fingerprint density at radius 1 is 0.766 bits per heavy atom. The molecule has 47 heavy (non-hydrogen) atoms. The summed E-state index contributed by atoms with van der Waals surface area (Å²) in [4.78, 5) is 11.6. The highest BCUT2D eigenvalue weighted by Gasteiger charge is 2.67. The first kappa shape index (κ1) is 34.7. The molecule has 8 heteroatoms. The van der Waals surface area contributed by atoms with Crippen molar-refractivity contribution in [1.82, 2.24) is 0 Å². The predicted octanol–water partition coefficient (Wildman–Crippen LogP) is 8.10. The molecule has 14 atom stereocenters. The molecule has 7 aliphatic rings.